The van der Waals surface area contributed by atoms with E-state index in [1.54, 1.807) is 0 Å². The third-order valence-electron chi connectivity index (χ3n) is 4.57. The molecule has 2 unspecified atom stereocenters. The van der Waals surface area contributed by atoms with E-state index in [0.29, 0.717) is 11.5 Å². The van der Waals surface area contributed by atoms with Gasteiger partial charge in [-0.05, 0) is 48.3 Å². The Morgan fingerprint density at radius 1 is 1.16 bits per heavy atom. The van der Waals surface area contributed by atoms with Gasteiger partial charge in [-0.15, -0.1) is 0 Å². The number of rotatable bonds is 3. The lowest BCUT2D eigenvalue weighted by Crippen LogP contribution is -2.39. The Kier molecular flexibility index (Phi) is 4.54. The van der Waals surface area contributed by atoms with Crippen molar-refractivity contribution in [1.29, 1.82) is 0 Å². The first kappa shape index (κ1) is 14.4. The van der Waals surface area contributed by atoms with Crippen molar-refractivity contribution in [2.45, 2.75) is 65.8 Å². The molecule has 1 nitrogen and oxygen atoms in total. The average molecular weight is 259 g/mol. The van der Waals surface area contributed by atoms with E-state index in [9.17, 15) is 0 Å². The van der Waals surface area contributed by atoms with Crippen LogP contribution in [0, 0.1) is 11.3 Å². The molecule has 1 aromatic carbocycles. The molecular formula is C18H29N. The number of anilines is 1. The monoisotopic (exact) mass is 259 g/mol. The van der Waals surface area contributed by atoms with E-state index < -0.39 is 0 Å². The first-order valence-corrected chi connectivity index (χ1v) is 7.86. The molecule has 0 aliphatic heterocycles. The van der Waals surface area contributed by atoms with Crippen LogP contribution in [0.1, 0.15) is 58.9 Å². The summed E-state index contributed by atoms with van der Waals surface area (Å²) in [4.78, 5) is 0. The van der Waals surface area contributed by atoms with Crippen molar-refractivity contribution in [1.82, 2.24) is 0 Å². The molecule has 1 aliphatic rings. The largest absolute Gasteiger partial charge is 0.382 e. The normalized spacial score (nSPS) is 24.2. The third kappa shape index (κ3) is 3.75. The standard InChI is InChI=1S/C18H29N/c1-5-14-9-8-10-15(13-14)19-17-12-7-6-11-16(17)18(2,3)4/h8-10,13,16-17,19H,5-7,11-12H2,1-4H3. The Hall–Kier alpha value is -0.980. The van der Waals surface area contributed by atoms with Gasteiger partial charge in [0.1, 0.15) is 0 Å². The predicted octanol–water partition coefficient (Wildman–Crippen LogP) is 5.27. The SMILES string of the molecule is CCc1cccc(NC2CCCCC2C(C)(C)C)c1. The van der Waals surface area contributed by atoms with Crippen molar-refractivity contribution in [2.24, 2.45) is 11.3 Å². The molecule has 1 N–H and O–H groups in total. The second kappa shape index (κ2) is 5.98. The van der Waals surface area contributed by atoms with Gasteiger partial charge in [0.05, 0.1) is 0 Å². The quantitative estimate of drug-likeness (QED) is 0.780. The summed E-state index contributed by atoms with van der Waals surface area (Å²) in [5, 5.41) is 3.81. The van der Waals surface area contributed by atoms with Gasteiger partial charge in [0.2, 0.25) is 0 Å². The number of benzene rings is 1. The molecule has 106 valence electrons. The molecule has 0 spiro atoms. The van der Waals surface area contributed by atoms with E-state index in [2.05, 4.69) is 57.3 Å². The smallest absolute Gasteiger partial charge is 0.0345 e. The van der Waals surface area contributed by atoms with Crippen LogP contribution in [0.4, 0.5) is 5.69 Å². The Bertz CT molecular complexity index is 402. The Balaban J connectivity index is 2.10. The molecule has 2 atom stereocenters. The summed E-state index contributed by atoms with van der Waals surface area (Å²) in [7, 11) is 0. The minimum Gasteiger partial charge on any atom is -0.382 e. The second-order valence-electron chi connectivity index (χ2n) is 7.06. The summed E-state index contributed by atoms with van der Waals surface area (Å²) < 4.78 is 0. The third-order valence-corrected chi connectivity index (χ3v) is 4.57. The van der Waals surface area contributed by atoms with Crippen LogP contribution in [-0.4, -0.2) is 6.04 Å². The zero-order valence-corrected chi connectivity index (χ0v) is 13.0. The number of aryl methyl sites for hydroxylation is 1. The molecule has 0 aromatic heterocycles. The van der Waals surface area contributed by atoms with Crippen LogP contribution in [0.25, 0.3) is 0 Å². The highest BCUT2D eigenvalue weighted by Gasteiger charge is 2.33. The molecule has 1 fully saturated rings. The fourth-order valence-corrected chi connectivity index (χ4v) is 3.44. The molecule has 1 aliphatic carbocycles. The zero-order valence-electron chi connectivity index (χ0n) is 13.0. The van der Waals surface area contributed by atoms with E-state index >= 15 is 0 Å². The van der Waals surface area contributed by atoms with Crippen LogP contribution in [0.3, 0.4) is 0 Å². The van der Waals surface area contributed by atoms with Gasteiger partial charge in [-0.1, -0.05) is 52.7 Å². The van der Waals surface area contributed by atoms with Gasteiger partial charge >= 0.3 is 0 Å². The van der Waals surface area contributed by atoms with Crippen LogP contribution < -0.4 is 5.32 Å². The van der Waals surface area contributed by atoms with Crippen LogP contribution >= 0.6 is 0 Å². The molecule has 2 rings (SSSR count). The van der Waals surface area contributed by atoms with Crippen LogP contribution in [-0.2, 0) is 6.42 Å². The van der Waals surface area contributed by atoms with Gasteiger partial charge in [0.25, 0.3) is 0 Å². The maximum Gasteiger partial charge on any atom is 0.0345 e. The van der Waals surface area contributed by atoms with Gasteiger partial charge < -0.3 is 5.32 Å². The van der Waals surface area contributed by atoms with Crippen molar-refractivity contribution < 1.29 is 0 Å². The van der Waals surface area contributed by atoms with E-state index in [-0.39, 0.29) is 0 Å². The summed E-state index contributed by atoms with van der Waals surface area (Å²) in [5.74, 6) is 0.784. The van der Waals surface area contributed by atoms with Gasteiger partial charge in [-0.25, -0.2) is 0 Å². The van der Waals surface area contributed by atoms with Crippen molar-refractivity contribution in [3.8, 4) is 0 Å². The Morgan fingerprint density at radius 3 is 2.58 bits per heavy atom. The minimum atomic E-state index is 0.403. The molecule has 0 heterocycles. The van der Waals surface area contributed by atoms with Crippen molar-refractivity contribution in [3.05, 3.63) is 29.8 Å². The number of nitrogens with one attached hydrogen (secondary N) is 1. The lowest BCUT2D eigenvalue weighted by molar-refractivity contribution is 0.163. The molecule has 0 amide bonds. The van der Waals surface area contributed by atoms with E-state index in [0.717, 1.165) is 12.3 Å². The molecule has 1 heteroatoms. The summed E-state index contributed by atoms with van der Waals surface area (Å²) in [6, 6.07) is 9.56. The maximum absolute atomic E-state index is 3.81. The molecule has 1 aromatic rings. The fourth-order valence-electron chi connectivity index (χ4n) is 3.44. The van der Waals surface area contributed by atoms with Gasteiger partial charge in [-0.3, -0.25) is 0 Å². The molecule has 1 saturated carbocycles. The molecule has 0 saturated heterocycles. The molecular weight excluding hydrogens is 230 g/mol. The highest BCUT2D eigenvalue weighted by molar-refractivity contribution is 5.46. The maximum atomic E-state index is 3.81. The van der Waals surface area contributed by atoms with E-state index in [4.69, 9.17) is 0 Å². The summed E-state index contributed by atoms with van der Waals surface area (Å²) in [6.07, 6.45) is 6.57. The summed E-state index contributed by atoms with van der Waals surface area (Å²) in [5.41, 5.74) is 3.13. The van der Waals surface area contributed by atoms with Gasteiger partial charge in [-0.2, -0.15) is 0 Å². The van der Waals surface area contributed by atoms with Crippen LogP contribution in [0.15, 0.2) is 24.3 Å². The fraction of sp³-hybridized carbons (Fsp3) is 0.667. The lowest BCUT2D eigenvalue weighted by Gasteiger charge is -2.41. The predicted molar refractivity (Wildman–Crippen MR) is 84.6 cm³/mol. The number of hydrogen-bond acceptors (Lipinski definition) is 1. The average Bonchev–Trinajstić information content (AvgIpc) is 2.38. The Morgan fingerprint density at radius 2 is 1.89 bits per heavy atom. The van der Waals surface area contributed by atoms with Crippen LogP contribution in [0.5, 0.6) is 0 Å². The summed E-state index contributed by atoms with van der Waals surface area (Å²) >= 11 is 0. The topological polar surface area (TPSA) is 12.0 Å². The van der Waals surface area contributed by atoms with Crippen molar-refractivity contribution >= 4 is 5.69 Å². The first-order valence-electron chi connectivity index (χ1n) is 7.86. The van der Waals surface area contributed by atoms with Gasteiger partial charge in [0, 0.05) is 11.7 Å². The summed E-state index contributed by atoms with van der Waals surface area (Å²) in [6.45, 7) is 9.39. The second-order valence-corrected chi connectivity index (χ2v) is 7.06. The molecule has 19 heavy (non-hydrogen) atoms. The highest BCUT2D eigenvalue weighted by Crippen LogP contribution is 2.39. The van der Waals surface area contributed by atoms with Crippen molar-refractivity contribution in [3.63, 3.8) is 0 Å². The molecule has 0 bridgehead atoms. The van der Waals surface area contributed by atoms with Gasteiger partial charge in [0.15, 0.2) is 0 Å². The number of hydrogen-bond donors (Lipinski definition) is 1. The minimum absolute atomic E-state index is 0.403. The highest BCUT2D eigenvalue weighted by atomic mass is 14.9. The molecule has 0 radical (unpaired) electrons. The zero-order chi connectivity index (χ0) is 13.9. The van der Waals surface area contributed by atoms with E-state index in [1.807, 2.05) is 0 Å². The first-order chi connectivity index (χ1) is 9.00. The van der Waals surface area contributed by atoms with Crippen molar-refractivity contribution in [2.75, 3.05) is 5.32 Å². The van der Waals surface area contributed by atoms with Crippen LogP contribution in [0.2, 0.25) is 0 Å². The lowest BCUT2D eigenvalue weighted by atomic mass is 9.69. The van der Waals surface area contributed by atoms with E-state index in [1.165, 1.54) is 36.9 Å². The Labute approximate surface area is 118 Å².